The summed E-state index contributed by atoms with van der Waals surface area (Å²) in [5.41, 5.74) is 1.94. The molecule has 1 saturated heterocycles. The first kappa shape index (κ1) is 14.3. The molecule has 1 unspecified atom stereocenters. The number of furan rings is 1. The molecule has 4 heteroatoms. The van der Waals surface area contributed by atoms with Crippen molar-refractivity contribution in [2.24, 2.45) is 0 Å². The first-order chi connectivity index (χ1) is 11.4. The van der Waals surface area contributed by atoms with Gasteiger partial charge in [0.15, 0.2) is 6.10 Å². The first-order valence-corrected chi connectivity index (χ1v) is 7.91. The van der Waals surface area contributed by atoms with Crippen LogP contribution >= 0.6 is 0 Å². The molecule has 118 valence electrons. The molecule has 0 saturated carbocycles. The molecule has 1 aliphatic heterocycles. The lowest BCUT2D eigenvalue weighted by Crippen LogP contribution is -2.43. The summed E-state index contributed by atoms with van der Waals surface area (Å²) < 4.78 is 17.7. The van der Waals surface area contributed by atoms with Gasteiger partial charge in [0, 0.05) is 24.5 Å². The number of ether oxygens (including phenoxy) is 2. The van der Waals surface area contributed by atoms with E-state index in [4.69, 9.17) is 13.9 Å². The van der Waals surface area contributed by atoms with E-state index in [2.05, 4.69) is 17.4 Å². The van der Waals surface area contributed by atoms with Gasteiger partial charge in [-0.1, -0.05) is 30.3 Å². The Morgan fingerprint density at radius 2 is 2.00 bits per heavy atom. The van der Waals surface area contributed by atoms with E-state index in [1.165, 1.54) is 0 Å². The van der Waals surface area contributed by atoms with Gasteiger partial charge in [0.1, 0.15) is 17.4 Å². The van der Waals surface area contributed by atoms with Gasteiger partial charge in [0.25, 0.3) is 0 Å². The van der Waals surface area contributed by atoms with Crippen LogP contribution in [0.3, 0.4) is 0 Å². The normalized spacial score (nSPS) is 19.6. The van der Waals surface area contributed by atoms with E-state index in [-0.39, 0.29) is 12.2 Å². The van der Waals surface area contributed by atoms with Gasteiger partial charge in [0.2, 0.25) is 0 Å². The fourth-order valence-corrected chi connectivity index (χ4v) is 2.94. The average Bonchev–Trinajstić information content (AvgIpc) is 3.09. The SMILES string of the molecule is c1ccc(C(Oc2ccc3ccoc3c2)[C@H]2CNCCO2)cc1. The summed E-state index contributed by atoms with van der Waals surface area (Å²) in [6, 6.07) is 18.1. The van der Waals surface area contributed by atoms with Crippen molar-refractivity contribution in [3.63, 3.8) is 0 Å². The molecule has 1 aliphatic rings. The first-order valence-electron chi connectivity index (χ1n) is 7.91. The zero-order chi connectivity index (χ0) is 15.5. The van der Waals surface area contributed by atoms with Crippen LogP contribution in [-0.2, 0) is 4.74 Å². The third kappa shape index (κ3) is 3.09. The van der Waals surface area contributed by atoms with Gasteiger partial charge in [-0.05, 0) is 23.8 Å². The Morgan fingerprint density at radius 3 is 2.83 bits per heavy atom. The number of hydrogen-bond donors (Lipinski definition) is 1. The molecule has 1 N–H and O–H groups in total. The third-order valence-electron chi connectivity index (χ3n) is 4.11. The van der Waals surface area contributed by atoms with Crippen LogP contribution in [0.5, 0.6) is 5.75 Å². The van der Waals surface area contributed by atoms with E-state index in [1.807, 2.05) is 42.5 Å². The summed E-state index contributed by atoms with van der Waals surface area (Å²) in [6.07, 6.45) is 1.52. The maximum Gasteiger partial charge on any atom is 0.151 e. The highest BCUT2D eigenvalue weighted by atomic mass is 16.5. The summed E-state index contributed by atoms with van der Waals surface area (Å²) in [7, 11) is 0. The van der Waals surface area contributed by atoms with E-state index in [9.17, 15) is 0 Å². The molecule has 0 amide bonds. The van der Waals surface area contributed by atoms with E-state index in [1.54, 1.807) is 6.26 Å². The van der Waals surface area contributed by atoms with Gasteiger partial charge in [-0.25, -0.2) is 0 Å². The Balaban J connectivity index is 1.63. The minimum atomic E-state index is -0.156. The molecule has 2 aromatic carbocycles. The number of rotatable bonds is 4. The molecular formula is C19H19NO3. The molecule has 0 bridgehead atoms. The van der Waals surface area contributed by atoms with Crippen molar-refractivity contribution >= 4 is 11.0 Å². The van der Waals surface area contributed by atoms with Gasteiger partial charge in [-0.3, -0.25) is 0 Å². The summed E-state index contributed by atoms with van der Waals surface area (Å²) in [4.78, 5) is 0. The van der Waals surface area contributed by atoms with Gasteiger partial charge >= 0.3 is 0 Å². The van der Waals surface area contributed by atoms with Crippen LogP contribution in [0.25, 0.3) is 11.0 Å². The highest BCUT2D eigenvalue weighted by molar-refractivity contribution is 5.78. The van der Waals surface area contributed by atoms with E-state index in [0.29, 0.717) is 6.61 Å². The van der Waals surface area contributed by atoms with Crippen LogP contribution in [0.1, 0.15) is 11.7 Å². The standard InChI is InChI=1S/C19H19NO3/c1-2-4-15(5-3-1)19(18-13-20-9-11-22-18)23-16-7-6-14-8-10-21-17(14)12-16/h1-8,10,12,18-20H,9,11,13H2/t18-,19?/m1/s1. The molecule has 4 nitrogen and oxygen atoms in total. The highest BCUT2D eigenvalue weighted by Crippen LogP contribution is 2.29. The third-order valence-corrected chi connectivity index (χ3v) is 4.11. The number of morpholine rings is 1. The summed E-state index contributed by atoms with van der Waals surface area (Å²) in [5, 5.41) is 4.45. The quantitative estimate of drug-likeness (QED) is 0.800. The van der Waals surface area contributed by atoms with Crippen molar-refractivity contribution in [3.8, 4) is 5.75 Å². The van der Waals surface area contributed by atoms with Crippen LogP contribution in [0.15, 0.2) is 65.3 Å². The molecule has 0 spiro atoms. The largest absolute Gasteiger partial charge is 0.483 e. The van der Waals surface area contributed by atoms with Crippen LogP contribution in [0, 0.1) is 0 Å². The zero-order valence-corrected chi connectivity index (χ0v) is 12.8. The van der Waals surface area contributed by atoms with E-state index < -0.39 is 0 Å². The Labute approximate surface area is 135 Å². The number of fused-ring (bicyclic) bond motifs is 1. The van der Waals surface area contributed by atoms with Crippen molar-refractivity contribution in [2.75, 3.05) is 19.7 Å². The topological polar surface area (TPSA) is 43.6 Å². The van der Waals surface area contributed by atoms with Crippen molar-refractivity contribution < 1.29 is 13.9 Å². The van der Waals surface area contributed by atoms with Gasteiger partial charge < -0.3 is 19.2 Å². The van der Waals surface area contributed by atoms with Crippen LogP contribution in [0.4, 0.5) is 0 Å². The van der Waals surface area contributed by atoms with Crippen molar-refractivity contribution in [3.05, 3.63) is 66.4 Å². The molecule has 0 radical (unpaired) electrons. The van der Waals surface area contributed by atoms with Gasteiger partial charge in [-0.2, -0.15) is 0 Å². The number of hydrogen-bond acceptors (Lipinski definition) is 4. The molecule has 1 aromatic heterocycles. The lowest BCUT2D eigenvalue weighted by Gasteiger charge is -2.31. The van der Waals surface area contributed by atoms with Crippen LogP contribution in [0.2, 0.25) is 0 Å². The summed E-state index contributed by atoms with van der Waals surface area (Å²) >= 11 is 0. The Bertz CT molecular complexity index is 762. The monoisotopic (exact) mass is 309 g/mol. The second-order valence-electron chi connectivity index (χ2n) is 5.68. The Morgan fingerprint density at radius 1 is 1.09 bits per heavy atom. The minimum Gasteiger partial charge on any atom is -0.483 e. The number of benzene rings is 2. The molecule has 2 heterocycles. The predicted octanol–water partition coefficient (Wildman–Crippen LogP) is 3.54. The van der Waals surface area contributed by atoms with Crippen LogP contribution < -0.4 is 10.1 Å². The summed E-state index contributed by atoms with van der Waals surface area (Å²) in [6.45, 7) is 2.37. The van der Waals surface area contributed by atoms with Crippen molar-refractivity contribution in [2.45, 2.75) is 12.2 Å². The molecule has 0 aliphatic carbocycles. The second kappa shape index (κ2) is 6.44. The van der Waals surface area contributed by atoms with Crippen molar-refractivity contribution in [1.82, 2.24) is 5.32 Å². The Hall–Kier alpha value is -2.30. The zero-order valence-electron chi connectivity index (χ0n) is 12.8. The smallest absolute Gasteiger partial charge is 0.151 e. The summed E-state index contributed by atoms with van der Waals surface area (Å²) in [5.74, 6) is 0.787. The minimum absolute atomic E-state index is 0.0153. The number of nitrogens with one attached hydrogen (secondary N) is 1. The van der Waals surface area contributed by atoms with E-state index >= 15 is 0 Å². The fraction of sp³-hybridized carbons (Fsp3) is 0.263. The van der Waals surface area contributed by atoms with Crippen LogP contribution in [-0.4, -0.2) is 25.8 Å². The second-order valence-corrected chi connectivity index (χ2v) is 5.68. The maximum atomic E-state index is 6.29. The Kier molecular flexibility index (Phi) is 4.01. The fourth-order valence-electron chi connectivity index (χ4n) is 2.94. The van der Waals surface area contributed by atoms with Crippen molar-refractivity contribution in [1.29, 1.82) is 0 Å². The maximum absolute atomic E-state index is 6.29. The average molecular weight is 309 g/mol. The van der Waals surface area contributed by atoms with Gasteiger partial charge in [0.05, 0.1) is 12.9 Å². The molecule has 1 fully saturated rings. The molecule has 2 atom stereocenters. The lowest BCUT2D eigenvalue weighted by atomic mass is 10.0. The molecule has 4 rings (SSSR count). The molecule has 23 heavy (non-hydrogen) atoms. The van der Waals surface area contributed by atoms with Gasteiger partial charge in [-0.15, -0.1) is 0 Å². The predicted molar refractivity (Wildman–Crippen MR) is 88.6 cm³/mol. The lowest BCUT2D eigenvalue weighted by molar-refractivity contribution is -0.0432. The van der Waals surface area contributed by atoms with E-state index in [0.717, 1.165) is 35.4 Å². The highest BCUT2D eigenvalue weighted by Gasteiger charge is 2.27. The molecule has 3 aromatic rings. The molecular weight excluding hydrogens is 290 g/mol.